The number of carbonyl (C=O) groups excluding carboxylic acids is 7. The summed E-state index contributed by atoms with van der Waals surface area (Å²) in [5.74, 6) is -1.41. The molecule has 12 aromatic rings. The molecule has 0 aromatic carbocycles. The molecule has 0 bridgehead atoms. The maximum atomic E-state index is 12.1. The van der Waals surface area contributed by atoms with E-state index < -0.39 is 22.4 Å². The Morgan fingerprint density at radius 2 is 0.581 bits per heavy atom. The number of allylic oxidation sites excluding steroid dienone is 8. The largest absolute Gasteiger partial charge is 0.477 e. The number of rotatable bonds is 24. The van der Waals surface area contributed by atoms with Crippen LogP contribution in [0.2, 0.25) is 28.0 Å². The van der Waals surface area contributed by atoms with Crippen LogP contribution in [0.1, 0.15) is 351 Å². The SMILES string of the molecule is C.C.C.C.C.C.CC(=O)c1cc(C2=C(c3cc(C(=O)O)sc3C)CCC2)c(C)s1.CC(=O)c1cc(C2=C(c3cc(C)sc3C)CCC2)c(C)s1.Cc1ccc(Cl)s1.Cc1cccs1.Cc1sc(Cl)cc1C(=O)CCCC(=O)c1cc(Cl)sc1C.Cc1sc(Cl)cc1C1=C(c2cc(Cl)sc2C)CCC1.O=C(Cl)CCCC(=O)Cl.[B]CC(=O)c1cc(C2=C(c3cc(C(=O)O)sc3C)CCC2)c(C)s1. The van der Waals surface area contributed by atoms with Crippen molar-refractivity contribution in [3.63, 3.8) is 0 Å². The third-order valence-corrected chi connectivity index (χ3v) is 35.2. The molecular weight excluding hydrogens is 2080 g/mol. The molecule has 2 N–H and O–H groups in total. The summed E-state index contributed by atoms with van der Waals surface area (Å²) in [5, 5.41) is 19.7. The highest BCUT2D eigenvalue weighted by atomic mass is 35.5. The van der Waals surface area contributed by atoms with Crippen molar-refractivity contribution < 1.29 is 53.4 Å². The molecule has 11 nitrogen and oxygen atoms in total. The highest BCUT2D eigenvalue weighted by molar-refractivity contribution is 7.19. The fraction of sp³-hybridized carbons (Fsp3) is 0.381. The lowest BCUT2D eigenvalue weighted by molar-refractivity contribution is -0.112. The van der Waals surface area contributed by atoms with Gasteiger partial charge in [0.05, 0.1) is 44.2 Å². The van der Waals surface area contributed by atoms with Crippen molar-refractivity contribution in [2.75, 3.05) is 0 Å². The Labute approximate surface area is 890 Å². The third kappa shape index (κ3) is 34.7. The van der Waals surface area contributed by atoms with Gasteiger partial charge in [0.2, 0.25) is 10.5 Å². The zero-order valence-electron chi connectivity index (χ0n) is 74.8. The molecular formula is C105H124BCl7O11S12. The Bertz CT molecular complexity index is 6060. The number of carboxylic acid groups (broad SMARTS) is 2. The molecule has 31 heteroatoms. The highest BCUT2D eigenvalue weighted by Gasteiger charge is 2.30. The van der Waals surface area contributed by atoms with Crippen molar-refractivity contribution in [1.29, 1.82) is 0 Å². The number of carboxylic acids is 2. The average molecular weight is 2210 g/mol. The summed E-state index contributed by atoms with van der Waals surface area (Å²) < 4.78 is 3.88. The summed E-state index contributed by atoms with van der Waals surface area (Å²) in [6.07, 6.45) is 15.2. The molecule has 0 aliphatic heterocycles. The van der Waals surface area contributed by atoms with Gasteiger partial charge in [-0.15, -0.1) is 136 Å². The standard InChI is InChI=1S/C18H17BO3S2.C18H18O3S2.C18H20OS2.C15H14Cl2O2S2.C15H14Cl2S2.C5H6Cl2O2.C5H5ClS.C5H6S.6CH4/c1-9-13(6-16(23-9)15(20)8-19)11-4-3-5-12(11)14-7-17(18(21)22)24-10(14)2;1-9(19)16-7-14(10(2)22-16)12-5-4-6-13(12)15-8-17(18(20)21)23-11(15)3;1-10-8-16(12(3)20-10)14-6-5-7-15(14)17-9-18(11(2)19)21-13(17)4;1-8-10(6-14(16)20-8)12(18)4-3-5-13(19)11-7-15(17)21-9(11)2;1-8-12(6-14(16)18-8)10-4-3-5-11(10)13-7-15(17)19-9(13)2;6-4(8)2-1-3-5(7)9;1-4-2-3-5(6)7-4;1-5-3-2-4-6-5;;;;;;/h6-7H,3-5,8H2,1-2H3,(H,21,22);7-8H,4-6H2,1-3H3,(H,20,21);8-9H,5-7H2,1-4H3;6-7H,3-5H2,1-2H3;6-7H,3-5H2,1-2H3;1-3H2;2-3H,1H3;2-4H,1H3;6*1H4. The first-order valence-electron chi connectivity index (χ1n) is 41.9. The predicted octanol–water partition coefficient (Wildman–Crippen LogP) is 39.5. The van der Waals surface area contributed by atoms with Crippen LogP contribution in [0.3, 0.4) is 0 Å². The van der Waals surface area contributed by atoms with Crippen LogP contribution in [0.15, 0.2) is 90.3 Å². The first-order valence-corrected chi connectivity index (χ1v) is 54.4. The van der Waals surface area contributed by atoms with E-state index in [0.717, 1.165) is 138 Å². The van der Waals surface area contributed by atoms with Gasteiger partial charge in [-0.2, -0.15) is 0 Å². The maximum absolute atomic E-state index is 12.1. The molecule has 16 rings (SSSR count). The average Bonchev–Trinajstić information content (AvgIpc) is 1.64. The van der Waals surface area contributed by atoms with E-state index in [1.54, 1.807) is 106 Å². The second-order valence-electron chi connectivity index (χ2n) is 31.2. The summed E-state index contributed by atoms with van der Waals surface area (Å²) in [6.45, 7) is 30.0. The Morgan fingerprint density at radius 1 is 0.301 bits per heavy atom. The van der Waals surface area contributed by atoms with Gasteiger partial charge in [0.1, 0.15) is 9.75 Å². The number of hydrogen-bond donors (Lipinski definition) is 2. The van der Waals surface area contributed by atoms with Crippen molar-refractivity contribution in [3.8, 4) is 0 Å². The van der Waals surface area contributed by atoms with Crippen molar-refractivity contribution in [2.24, 2.45) is 0 Å². The lowest BCUT2D eigenvalue weighted by Crippen LogP contribution is -2.03. The van der Waals surface area contributed by atoms with E-state index in [-0.39, 0.29) is 92.6 Å². The minimum absolute atomic E-state index is 0. The van der Waals surface area contributed by atoms with Crippen molar-refractivity contribution in [1.82, 2.24) is 0 Å². The topological polar surface area (TPSA) is 194 Å². The fourth-order valence-corrected chi connectivity index (χ4v) is 28.0. The molecule has 0 saturated heterocycles. The number of thiophene rings is 12. The normalized spacial score (nSPS) is 12.7. The summed E-state index contributed by atoms with van der Waals surface area (Å²) in [7, 11) is 5.48. The van der Waals surface area contributed by atoms with Crippen LogP contribution in [-0.4, -0.2) is 69.4 Å². The first kappa shape index (κ1) is 124. The number of hydrogen-bond acceptors (Lipinski definition) is 21. The van der Waals surface area contributed by atoms with Gasteiger partial charge in [-0.3, -0.25) is 33.6 Å². The molecule has 2 radical (unpaired) electrons. The van der Waals surface area contributed by atoms with Crippen LogP contribution < -0.4 is 0 Å². The number of aryl methyl sites for hydroxylation is 13. The second kappa shape index (κ2) is 58.6. The Balaban J connectivity index is 0.000000410. The lowest BCUT2D eigenvalue weighted by Gasteiger charge is -2.07. The maximum Gasteiger partial charge on any atom is 0.345 e. The third-order valence-electron chi connectivity index (χ3n) is 21.8. The predicted molar refractivity (Wildman–Crippen MR) is 608 cm³/mol. The van der Waals surface area contributed by atoms with E-state index in [4.69, 9.17) is 89.1 Å². The van der Waals surface area contributed by atoms with Crippen molar-refractivity contribution in [3.05, 3.63) is 255 Å². The molecule has 734 valence electrons. The Morgan fingerprint density at radius 3 is 0.794 bits per heavy atom. The molecule has 0 fully saturated rings. The van der Waals surface area contributed by atoms with Crippen LogP contribution in [0.5, 0.6) is 0 Å². The van der Waals surface area contributed by atoms with E-state index in [2.05, 4.69) is 90.2 Å². The smallest absolute Gasteiger partial charge is 0.345 e. The van der Waals surface area contributed by atoms with Gasteiger partial charge < -0.3 is 10.2 Å². The minimum Gasteiger partial charge on any atom is -0.477 e. The molecule has 0 unspecified atom stereocenters. The fourth-order valence-electron chi connectivity index (χ4n) is 15.7. The van der Waals surface area contributed by atoms with Crippen molar-refractivity contribution in [2.45, 2.75) is 270 Å². The van der Waals surface area contributed by atoms with Crippen LogP contribution in [0, 0.1) is 90.0 Å². The van der Waals surface area contributed by atoms with Gasteiger partial charge >= 0.3 is 11.9 Å². The molecule has 12 aromatic heterocycles. The number of aromatic carboxylic acids is 2. The van der Waals surface area contributed by atoms with Gasteiger partial charge in [0.15, 0.2) is 28.9 Å². The van der Waals surface area contributed by atoms with Crippen LogP contribution in [0.4, 0.5) is 0 Å². The van der Waals surface area contributed by atoms with E-state index in [1.165, 1.54) is 171 Å². The molecule has 0 amide bonds. The summed E-state index contributed by atoms with van der Waals surface area (Å²) in [6, 6.07) is 27.7. The quantitative estimate of drug-likeness (QED) is 0.0332. The monoisotopic (exact) mass is 2200 g/mol. The summed E-state index contributed by atoms with van der Waals surface area (Å²) in [5.41, 5.74) is 22.1. The lowest BCUT2D eigenvalue weighted by atomic mass is 9.96. The molecule has 4 aliphatic carbocycles. The number of Topliss-reactive ketones (excluding diaryl/α,β-unsaturated/α-hetero) is 5. The summed E-state index contributed by atoms with van der Waals surface area (Å²) >= 11 is 58.3. The minimum atomic E-state index is -0.878. The van der Waals surface area contributed by atoms with E-state index >= 15 is 0 Å². The van der Waals surface area contributed by atoms with Crippen molar-refractivity contribution >= 4 is 321 Å². The molecule has 0 spiro atoms. The first-order chi connectivity index (χ1) is 61.5. The Kier molecular flexibility index (Phi) is 53.5. The molecule has 136 heavy (non-hydrogen) atoms. The molecule has 0 atom stereocenters. The van der Waals surface area contributed by atoms with Crippen LogP contribution >= 0.6 is 217 Å². The zero-order chi connectivity index (χ0) is 95.4. The number of ketones is 5. The van der Waals surface area contributed by atoms with E-state index in [9.17, 15) is 53.4 Å². The number of carbonyl (C=O) groups is 9. The van der Waals surface area contributed by atoms with Gasteiger partial charge in [0.25, 0.3) is 0 Å². The Hall–Kier alpha value is -5.92. The van der Waals surface area contributed by atoms with Gasteiger partial charge in [-0.25, -0.2) is 9.59 Å². The molecule has 12 heterocycles. The highest BCUT2D eigenvalue weighted by Crippen LogP contribution is 2.51. The van der Waals surface area contributed by atoms with Gasteiger partial charge in [-0.05, 0) is 397 Å². The van der Waals surface area contributed by atoms with Gasteiger partial charge in [-0.1, -0.05) is 109 Å². The molecule has 0 saturated carbocycles. The van der Waals surface area contributed by atoms with E-state index in [0.29, 0.717) is 60.1 Å². The van der Waals surface area contributed by atoms with Gasteiger partial charge in [0, 0.05) is 100 Å². The molecule has 4 aliphatic rings. The zero-order valence-corrected chi connectivity index (χ0v) is 89.9. The van der Waals surface area contributed by atoms with Crippen LogP contribution in [-0.2, 0) is 9.59 Å². The number of halogens is 7. The summed E-state index contributed by atoms with van der Waals surface area (Å²) in [4.78, 5) is 121. The van der Waals surface area contributed by atoms with Crippen LogP contribution in [0.25, 0.3) is 44.6 Å². The second-order valence-corrected chi connectivity index (χ2v) is 50.4. The van der Waals surface area contributed by atoms with E-state index in [1.807, 2.05) is 77.1 Å².